The summed E-state index contributed by atoms with van der Waals surface area (Å²) in [5, 5.41) is 13.1. The molecule has 0 aliphatic rings. The number of amides is 1. The number of benzene rings is 1. The van der Waals surface area contributed by atoms with Crippen LogP contribution in [-0.2, 0) is 6.67 Å². The molecule has 0 fully saturated rings. The third-order valence-corrected chi connectivity index (χ3v) is 5.14. The fraction of sp³-hybridized carbons (Fsp3) is 0.200. The highest BCUT2D eigenvalue weighted by Gasteiger charge is 2.13. The van der Waals surface area contributed by atoms with Crippen molar-refractivity contribution in [3.8, 4) is 5.75 Å². The number of carbonyl (C=O) groups excluding carboxylic acids is 1. The zero-order chi connectivity index (χ0) is 20.5. The van der Waals surface area contributed by atoms with Crippen LogP contribution in [0.15, 0.2) is 42.7 Å². The van der Waals surface area contributed by atoms with Gasteiger partial charge in [0.05, 0.1) is 40.9 Å². The molecule has 0 aliphatic heterocycles. The number of aromatic nitrogens is 5. The first-order valence-electron chi connectivity index (χ1n) is 8.92. The van der Waals surface area contributed by atoms with Crippen molar-refractivity contribution in [2.24, 2.45) is 0 Å². The second kappa shape index (κ2) is 7.56. The molecule has 4 rings (SSSR count). The minimum Gasteiger partial charge on any atom is -0.497 e. The molecule has 0 saturated carbocycles. The first kappa shape index (κ1) is 18.9. The summed E-state index contributed by atoms with van der Waals surface area (Å²) in [5.41, 5.74) is 3.29. The van der Waals surface area contributed by atoms with Crippen LogP contribution in [0.4, 0.5) is 5.69 Å². The zero-order valence-corrected chi connectivity index (χ0v) is 16.9. The highest BCUT2D eigenvalue weighted by Crippen LogP contribution is 2.22. The summed E-state index contributed by atoms with van der Waals surface area (Å²) in [7, 11) is 1.61. The van der Waals surface area contributed by atoms with Crippen LogP contribution in [0.1, 0.15) is 21.9 Å². The van der Waals surface area contributed by atoms with Crippen LogP contribution in [0.5, 0.6) is 5.75 Å². The molecule has 0 bridgehead atoms. The van der Waals surface area contributed by atoms with Gasteiger partial charge in [0.1, 0.15) is 12.4 Å². The van der Waals surface area contributed by atoms with Crippen molar-refractivity contribution >= 4 is 34.1 Å². The van der Waals surface area contributed by atoms with E-state index in [4.69, 9.17) is 16.3 Å². The van der Waals surface area contributed by atoms with Gasteiger partial charge in [0, 0.05) is 17.6 Å². The molecule has 9 heteroatoms. The molecular weight excluding hydrogens is 392 g/mol. The number of halogens is 1. The Morgan fingerprint density at radius 3 is 2.76 bits per heavy atom. The number of aryl methyl sites for hydroxylation is 1. The normalized spacial score (nSPS) is 11.0. The number of methoxy groups -OCH3 is 1. The third kappa shape index (κ3) is 3.79. The van der Waals surface area contributed by atoms with Crippen LogP contribution in [0.25, 0.3) is 10.9 Å². The van der Waals surface area contributed by atoms with Crippen molar-refractivity contribution in [1.29, 1.82) is 0 Å². The van der Waals surface area contributed by atoms with Gasteiger partial charge in [-0.3, -0.25) is 14.5 Å². The third-order valence-electron chi connectivity index (χ3n) is 4.59. The summed E-state index contributed by atoms with van der Waals surface area (Å²) in [6.07, 6.45) is 3.33. The van der Waals surface area contributed by atoms with E-state index in [1.54, 1.807) is 34.9 Å². The van der Waals surface area contributed by atoms with E-state index in [0.29, 0.717) is 23.1 Å². The molecule has 4 aromatic rings. The predicted octanol–water partition coefficient (Wildman–Crippen LogP) is 3.66. The summed E-state index contributed by atoms with van der Waals surface area (Å²) in [6.45, 7) is 4.11. The highest BCUT2D eigenvalue weighted by molar-refractivity contribution is 6.31. The average molecular weight is 411 g/mol. The van der Waals surface area contributed by atoms with Gasteiger partial charge in [-0.05, 0) is 38.1 Å². The molecule has 1 aromatic carbocycles. The lowest BCUT2D eigenvalue weighted by atomic mass is 10.2. The maximum atomic E-state index is 12.6. The molecule has 1 amide bonds. The van der Waals surface area contributed by atoms with Crippen LogP contribution in [0.2, 0.25) is 5.02 Å². The lowest BCUT2D eigenvalue weighted by Gasteiger charge is -2.06. The highest BCUT2D eigenvalue weighted by atomic mass is 35.5. The number of hydrogen-bond donors (Lipinski definition) is 1. The van der Waals surface area contributed by atoms with Crippen molar-refractivity contribution < 1.29 is 9.53 Å². The second-order valence-corrected chi connectivity index (χ2v) is 6.98. The lowest BCUT2D eigenvalue weighted by molar-refractivity contribution is 0.102. The van der Waals surface area contributed by atoms with Crippen molar-refractivity contribution in [2.75, 3.05) is 12.4 Å². The van der Waals surface area contributed by atoms with Gasteiger partial charge >= 0.3 is 0 Å². The van der Waals surface area contributed by atoms with E-state index in [0.717, 1.165) is 28.0 Å². The molecule has 148 valence electrons. The van der Waals surface area contributed by atoms with Crippen LogP contribution in [-0.4, -0.2) is 37.6 Å². The fourth-order valence-electron chi connectivity index (χ4n) is 3.00. The summed E-state index contributed by atoms with van der Waals surface area (Å²) in [5.74, 6) is 0.418. The van der Waals surface area contributed by atoms with Crippen molar-refractivity contribution in [2.45, 2.75) is 20.5 Å². The molecule has 0 aliphatic carbocycles. The number of nitrogens with zero attached hydrogens (tertiary/aromatic N) is 5. The SMILES string of the molecule is COc1ccc2cc(NC(=O)c3ccn(Cn4nc(C)c(Cl)c4C)n3)cnc2c1. The molecular formula is C20H19ClN6O2. The van der Waals surface area contributed by atoms with E-state index in [-0.39, 0.29) is 5.91 Å². The van der Waals surface area contributed by atoms with Gasteiger partial charge in [-0.15, -0.1) is 0 Å². The Morgan fingerprint density at radius 2 is 2.03 bits per heavy atom. The Hall–Kier alpha value is -3.39. The number of nitrogens with one attached hydrogen (secondary N) is 1. The topological polar surface area (TPSA) is 86.9 Å². The van der Waals surface area contributed by atoms with E-state index in [1.807, 2.05) is 38.1 Å². The van der Waals surface area contributed by atoms with Crippen molar-refractivity contribution in [3.63, 3.8) is 0 Å². The Balaban J connectivity index is 1.49. The maximum absolute atomic E-state index is 12.6. The number of fused-ring (bicyclic) bond motifs is 1. The first-order chi connectivity index (χ1) is 13.9. The van der Waals surface area contributed by atoms with Gasteiger partial charge in [0.2, 0.25) is 0 Å². The van der Waals surface area contributed by atoms with Crippen LogP contribution < -0.4 is 10.1 Å². The summed E-state index contributed by atoms with van der Waals surface area (Å²) >= 11 is 6.18. The second-order valence-electron chi connectivity index (χ2n) is 6.60. The van der Waals surface area contributed by atoms with Gasteiger partial charge in [-0.25, -0.2) is 4.68 Å². The largest absolute Gasteiger partial charge is 0.497 e. The van der Waals surface area contributed by atoms with Crippen LogP contribution in [0.3, 0.4) is 0 Å². The molecule has 0 saturated heterocycles. The van der Waals surface area contributed by atoms with Gasteiger partial charge < -0.3 is 10.1 Å². The number of rotatable bonds is 5. The molecule has 1 N–H and O–H groups in total. The molecule has 0 atom stereocenters. The summed E-state index contributed by atoms with van der Waals surface area (Å²) in [6, 6.07) is 9.10. The maximum Gasteiger partial charge on any atom is 0.276 e. The Morgan fingerprint density at radius 1 is 1.21 bits per heavy atom. The smallest absolute Gasteiger partial charge is 0.276 e. The summed E-state index contributed by atoms with van der Waals surface area (Å²) < 4.78 is 8.58. The molecule has 3 heterocycles. The Bertz CT molecular complexity index is 1210. The number of pyridine rings is 1. The zero-order valence-electron chi connectivity index (χ0n) is 16.2. The Labute approximate surface area is 172 Å². The standard InChI is InChI=1S/C20H19ClN6O2/c1-12-19(21)13(2)27(24-12)11-26-7-6-17(25-26)20(28)23-15-8-14-4-5-16(29-3)9-18(14)22-10-15/h4-10H,11H2,1-3H3,(H,23,28). The average Bonchev–Trinajstić information content (AvgIpc) is 3.28. The van der Waals surface area contributed by atoms with E-state index < -0.39 is 0 Å². The van der Waals surface area contributed by atoms with Crippen molar-refractivity contribution in [1.82, 2.24) is 24.5 Å². The monoisotopic (exact) mass is 410 g/mol. The van der Waals surface area contributed by atoms with Gasteiger partial charge in [0.25, 0.3) is 5.91 Å². The minimum atomic E-state index is -0.315. The van der Waals surface area contributed by atoms with E-state index >= 15 is 0 Å². The number of hydrogen-bond acceptors (Lipinski definition) is 5. The van der Waals surface area contributed by atoms with Gasteiger partial charge in [0.15, 0.2) is 5.69 Å². The fourth-order valence-corrected chi connectivity index (χ4v) is 3.14. The number of ether oxygens (including phenoxy) is 1. The van der Waals surface area contributed by atoms with Crippen LogP contribution >= 0.6 is 11.6 Å². The quantitative estimate of drug-likeness (QED) is 0.542. The Kier molecular flexibility index (Phi) is 4.94. The lowest BCUT2D eigenvalue weighted by Crippen LogP contribution is -2.15. The molecule has 0 unspecified atom stereocenters. The predicted molar refractivity (Wildman–Crippen MR) is 111 cm³/mol. The van der Waals surface area contributed by atoms with E-state index in [9.17, 15) is 4.79 Å². The van der Waals surface area contributed by atoms with E-state index in [1.165, 1.54) is 0 Å². The van der Waals surface area contributed by atoms with Gasteiger partial charge in [-0.1, -0.05) is 11.6 Å². The van der Waals surface area contributed by atoms with Crippen LogP contribution in [0, 0.1) is 13.8 Å². The molecule has 0 spiro atoms. The first-order valence-corrected chi connectivity index (χ1v) is 9.30. The molecule has 8 nitrogen and oxygen atoms in total. The van der Waals surface area contributed by atoms with E-state index in [2.05, 4.69) is 20.5 Å². The molecule has 0 radical (unpaired) electrons. The summed E-state index contributed by atoms with van der Waals surface area (Å²) in [4.78, 5) is 16.9. The number of carbonyl (C=O) groups is 1. The minimum absolute atomic E-state index is 0.299. The molecule has 29 heavy (non-hydrogen) atoms. The number of anilines is 1. The van der Waals surface area contributed by atoms with Gasteiger partial charge in [-0.2, -0.15) is 10.2 Å². The van der Waals surface area contributed by atoms with Crippen molar-refractivity contribution in [3.05, 3.63) is 64.8 Å². The molecule has 3 aromatic heterocycles.